The molecule has 0 spiro atoms. The van der Waals surface area contributed by atoms with Gasteiger partial charge in [-0.2, -0.15) is 0 Å². The van der Waals surface area contributed by atoms with E-state index in [-0.39, 0.29) is 5.97 Å². The first-order chi connectivity index (χ1) is 7.81. The second kappa shape index (κ2) is 5.12. The zero-order chi connectivity index (χ0) is 11.4. The van der Waals surface area contributed by atoms with Crippen LogP contribution in [0.25, 0.3) is 0 Å². The van der Waals surface area contributed by atoms with Crippen molar-refractivity contribution < 1.29 is 14.3 Å². The summed E-state index contributed by atoms with van der Waals surface area (Å²) in [4.78, 5) is 11.3. The molecule has 1 aromatic carbocycles. The van der Waals surface area contributed by atoms with Crippen LogP contribution in [0.15, 0.2) is 24.3 Å². The van der Waals surface area contributed by atoms with Crippen molar-refractivity contribution in [3.63, 3.8) is 0 Å². The first-order valence-electron chi connectivity index (χ1n) is 5.57. The lowest BCUT2D eigenvalue weighted by Crippen LogP contribution is -2.15. The lowest BCUT2D eigenvalue weighted by molar-refractivity contribution is 0.0600. The fraction of sp³-hybridized carbons (Fsp3) is 0.462. The van der Waals surface area contributed by atoms with Crippen LogP contribution in [0.5, 0.6) is 0 Å². The molecule has 1 aliphatic heterocycles. The summed E-state index contributed by atoms with van der Waals surface area (Å²) in [6.45, 7) is 1.66. The number of carbonyl (C=O) groups excluding carboxylic acids is 1. The SMILES string of the molecule is COC(=O)c1ccc([C@H]2CCCOC2)cc1. The van der Waals surface area contributed by atoms with E-state index in [1.807, 2.05) is 24.3 Å². The minimum absolute atomic E-state index is 0.286. The Morgan fingerprint density at radius 3 is 2.69 bits per heavy atom. The van der Waals surface area contributed by atoms with Crippen LogP contribution in [0.1, 0.15) is 34.7 Å². The summed E-state index contributed by atoms with van der Waals surface area (Å²) in [5.74, 6) is 0.187. The van der Waals surface area contributed by atoms with Crippen molar-refractivity contribution in [3.05, 3.63) is 35.4 Å². The number of ether oxygens (including phenoxy) is 2. The molecule has 0 aliphatic carbocycles. The number of hydrogen-bond donors (Lipinski definition) is 0. The molecule has 1 fully saturated rings. The summed E-state index contributed by atoms with van der Waals surface area (Å²) in [6, 6.07) is 7.61. The fourth-order valence-electron chi connectivity index (χ4n) is 2.01. The number of benzene rings is 1. The van der Waals surface area contributed by atoms with Crippen LogP contribution in [0, 0.1) is 0 Å². The van der Waals surface area contributed by atoms with E-state index in [1.54, 1.807) is 0 Å². The van der Waals surface area contributed by atoms with Gasteiger partial charge in [0.15, 0.2) is 0 Å². The van der Waals surface area contributed by atoms with Gasteiger partial charge < -0.3 is 9.47 Å². The smallest absolute Gasteiger partial charge is 0.337 e. The summed E-state index contributed by atoms with van der Waals surface area (Å²) in [7, 11) is 1.39. The minimum atomic E-state index is -0.286. The first-order valence-corrected chi connectivity index (χ1v) is 5.57. The molecule has 0 radical (unpaired) electrons. The zero-order valence-corrected chi connectivity index (χ0v) is 9.44. The maximum absolute atomic E-state index is 11.3. The average Bonchev–Trinajstić information content (AvgIpc) is 2.39. The van der Waals surface area contributed by atoms with Crippen molar-refractivity contribution in [2.45, 2.75) is 18.8 Å². The van der Waals surface area contributed by atoms with Gasteiger partial charge in [-0.25, -0.2) is 4.79 Å². The summed E-state index contributed by atoms with van der Waals surface area (Å²) < 4.78 is 10.1. The van der Waals surface area contributed by atoms with Gasteiger partial charge in [0.25, 0.3) is 0 Å². The van der Waals surface area contributed by atoms with E-state index in [9.17, 15) is 4.79 Å². The molecule has 1 heterocycles. The Hall–Kier alpha value is -1.35. The zero-order valence-electron chi connectivity index (χ0n) is 9.44. The highest BCUT2D eigenvalue weighted by molar-refractivity contribution is 5.89. The molecule has 0 N–H and O–H groups in total. The van der Waals surface area contributed by atoms with E-state index < -0.39 is 0 Å². The molecule has 3 heteroatoms. The third kappa shape index (κ3) is 2.42. The highest BCUT2D eigenvalue weighted by atomic mass is 16.5. The monoisotopic (exact) mass is 220 g/mol. The molecule has 16 heavy (non-hydrogen) atoms. The van der Waals surface area contributed by atoms with Crippen molar-refractivity contribution >= 4 is 5.97 Å². The third-order valence-corrected chi connectivity index (χ3v) is 2.96. The Morgan fingerprint density at radius 1 is 1.38 bits per heavy atom. The maximum Gasteiger partial charge on any atom is 0.337 e. The predicted molar refractivity (Wildman–Crippen MR) is 60.6 cm³/mol. The Balaban J connectivity index is 2.09. The molecule has 0 bridgehead atoms. The number of carbonyl (C=O) groups is 1. The van der Waals surface area contributed by atoms with Gasteiger partial charge in [0, 0.05) is 12.5 Å². The van der Waals surface area contributed by atoms with Crippen LogP contribution in [0.3, 0.4) is 0 Å². The lowest BCUT2D eigenvalue weighted by Gasteiger charge is -2.22. The normalized spacial score (nSPS) is 20.4. The highest BCUT2D eigenvalue weighted by Crippen LogP contribution is 2.25. The Labute approximate surface area is 95.4 Å². The molecule has 0 amide bonds. The van der Waals surface area contributed by atoms with Gasteiger partial charge >= 0.3 is 5.97 Å². The molecular formula is C13H16O3. The number of methoxy groups -OCH3 is 1. The average molecular weight is 220 g/mol. The van der Waals surface area contributed by atoms with E-state index in [0.717, 1.165) is 26.1 Å². The van der Waals surface area contributed by atoms with E-state index in [2.05, 4.69) is 4.74 Å². The van der Waals surface area contributed by atoms with E-state index in [0.29, 0.717) is 11.5 Å². The number of rotatable bonds is 2. The molecule has 1 aliphatic rings. The van der Waals surface area contributed by atoms with Crippen LogP contribution in [0.2, 0.25) is 0 Å². The predicted octanol–water partition coefficient (Wildman–Crippen LogP) is 2.37. The Bertz CT molecular complexity index is 350. The van der Waals surface area contributed by atoms with Crippen LogP contribution in [0.4, 0.5) is 0 Å². The second-order valence-corrected chi connectivity index (χ2v) is 4.03. The molecule has 1 aromatic rings. The third-order valence-electron chi connectivity index (χ3n) is 2.96. The van der Waals surface area contributed by atoms with Crippen molar-refractivity contribution in [1.82, 2.24) is 0 Å². The van der Waals surface area contributed by atoms with Crippen LogP contribution in [-0.2, 0) is 9.47 Å². The van der Waals surface area contributed by atoms with Crippen molar-refractivity contribution in [3.8, 4) is 0 Å². The fourth-order valence-corrected chi connectivity index (χ4v) is 2.01. The van der Waals surface area contributed by atoms with Gasteiger partial charge in [-0.05, 0) is 30.5 Å². The first kappa shape index (κ1) is 11.1. The molecule has 1 atom stereocenters. The molecule has 0 aromatic heterocycles. The minimum Gasteiger partial charge on any atom is -0.465 e. The molecular weight excluding hydrogens is 204 g/mol. The molecule has 0 saturated carbocycles. The van der Waals surface area contributed by atoms with Crippen molar-refractivity contribution in [2.75, 3.05) is 20.3 Å². The van der Waals surface area contributed by atoms with Crippen LogP contribution >= 0.6 is 0 Å². The molecule has 0 unspecified atom stereocenters. The van der Waals surface area contributed by atoms with Crippen molar-refractivity contribution in [2.24, 2.45) is 0 Å². The van der Waals surface area contributed by atoms with E-state index in [4.69, 9.17) is 4.74 Å². The summed E-state index contributed by atoms with van der Waals surface area (Å²) in [5, 5.41) is 0. The summed E-state index contributed by atoms with van der Waals surface area (Å²) >= 11 is 0. The largest absolute Gasteiger partial charge is 0.465 e. The van der Waals surface area contributed by atoms with Gasteiger partial charge in [-0.3, -0.25) is 0 Å². The highest BCUT2D eigenvalue weighted by Gasteiger charge is 2.16. The maximum atomic E-state index is 11.3. The summed E-state index contributed by atoms with van der Waals surface area (Å²) in [6.07, 6.45) is 2.28. The Kier molecular flexibility index (Phi) is 3.57. The molecule has 2 rings (SSSR count). The second-order valence-electron chi connectivity index (χ2n) is 4.03. The van der Waals surface area contributed by atoms with E-state index in [1.165, 1.54) is 12.7 Å². The molecule has 86 valence electrons. The van der Waals surface area contributed by atoms with Gasteiger partial charge in [0.1, 0.15) is 0 Å². The Morgan fingerprint density at radius 2 is 2.12 bits per heavy atom. The summed E-state index contributed by atoms with van der Waals surface area (Å²) in [5.41, 5.74) is 1.84. The lowest BCUT2D eigenvalue weighted by atomic mass is 9.93. The topological polar surface area (TPSA) is 35.5 Å². The van der Waals surface area contributed by atoms with Crippen LogP contribution < -0.4 is 0 Å². The van der Waals surface area contributed by atoms with Gasteiger partial charge in [0.2, 0.25) is 0 Å². The standard InChI is InChI=1S/C13H16O3/c1-15-13(14)11-6-4-10(5-7-11)12-3-2-8-16-9-12/h4-7,12H,2-3,8-9H2,1H3/t12-/m0/s1. The van der Waals surface area contributed by atoms with Gasteiger partial charge in [0.05, 0.1) is 19.3 Å². The van der Waals surface area contributed by atoms with Crippen LogP contribution in [-0.4, -0.2) is 26.3 Å². The van der Waals surface area contributed by atoms with Crippen molar-refractivity contribution in [1.29, 1.82) is 0 Å². The number of esters is 1. The molecule has 1 saturated heterocycles. The van der Waals surface area contributed by atoms with Gasteiger partial charge in [-0.1, -0.05) is 12.1 Å². The van der Waals surface area contributed by atoms with Gasteiger partial charge in [-0.15, -0.1) is 0 Å². The van der Waals surface area contributed by atoms with E-state index >= 15 is 0 Å². The number of hydrogen-bond acceptors (Lipinski definition) is 3. The quantitative estimate of drug-likeness (QED) is 0.718. The molecule has 3 nitrogen and oxygen atoms in total.